The summed E-state index contributed by atoms with van der Waals surface area (Å²) in [5.41, 5.74) is 5.52. The van der Waals surface area contributed by atoms with E-state index in [2.05, 4.69) is 12.1 Å². The molecule has 1 aromatic carbocycles. The van der Waals surface area contributed by atoms with Crippen molar-refractivity contribution in [3.63, 3.8) is 0 Å². The first kappa shape index (κ1) is 15.1. The highest BCUT2D eigenvalue weighted by atomic mass is 28.2. The standard InChI is InChI=1S/C14H25NO2Si/c1-3-16-12-8-7-9-13(14(12)17-4-2)18-11-6-5-10-15/h7-9H,3-6,10-11,15,18H2,1-2H3. The molecule has 0 fully saturated rings. The van der Waals surface area contributed by atoms with E-state index in [1.807, 2.05) is 19.9 Å². The van der Waals surface area contributed by atoms with Crippen LogP contribution in [0.25, 0.3) is 0 Å². The quantitative estimate of drug-likeness (QED) is 0.544. The van der Waals surface area contributed by atoms with Crippen LogP contribution < -0.4 is 20.4 Å². The monoisotopic (exact) mass is 267 g/mol. The molecule has 1 rings (SSSR count). The van der Waals surface area contributed by atoms with Crippen LogP contribution in [0.1, 0.15) is 26.7 Å². The van der Waals surface area contributed by atoms with Crippen LogP contribution in [0.15, 0.2) is 18.2 Å². The molecule has 0 unspecified atom stereocenters. The number of unbranched alkanes of at least 4 members (excludes halogenated alkanes) is 1. The van der Waals surface area contributed by atoms with E-state index in [1.54, 1.807) is 0 Å². The van der Waals surface area contributed by atoms with E-state index in [0.29, 0.717) is 13.2 Å². The molecule has 0 amide bonds. The molecule has 0 aliphatic rings. The van der Waals surface area contributed by atoms with Gasteiger partial charge in [-0.15, -0.1) is 0 Å². The SMILES string of the molecule is CCOc1cccc([SiH2]CCCCN)c1OCC. The average Bonchev–Trinajstić information content (AvgIpc) is 2.38. The highest BCUT2D eigenvalue weighted by molar-refractivity contribution is 6.54. The molecule has 0 bridgehead atoms. The summed E-state index contributed by atoms with van der Waals surface area (Å²) >= 11 is 0. The largest absolute Gasteiger partial charge is 0.490 e. The molecule has 1 aromatic rings. The Labute approximate surface area is 112 Å². The fraction of sp³-hybridized carbons (Fsp3) is 0.571. The Morgan fingerprint density at radius 1 is 1.11 bits per heavy atom. The average molecular weight is 267 g/mol. The van der Waals surface area contributed by atoms with Gasteiger partial charge in [-0.1, -0.05) is 24.6 Å². The second-order valence-corrected chi connectivity index (χ2v) is 6.18. The van der Waals surface area contributed by atoms with Gasteiger partial charge in [0.1, 0.15) is 0 Å². The molecule has 0 atom stereocenters. The predicted octanol–water partition coefficient (Wildman–Crippen LogP) is 1.44. The summed E-state index contributed by atoms with van der Waals surface area (Å²) in [6.07, 6.45) is 2.36. The Morgan fingerprint density at radius 2 is 1.89 bits per heavy atom. The van der Waals surface area contributed by atoms with E-state index in [9.17, 15) is 0 Å². The highest BCUT2D eigenvalue weighted by Crippen LogP contribution is 2.24. The van der Waals surface area contributed by atoms with Crippen LogP contribution in [0.2, 0.25) is 6.04 Å². The number of hydrogen-bond acceptors (Lipinski definition) is 3. The highest BCUT2D eigenvalue weighted by Gasteiger charge is 2.10. The molecule has 0 saturated heterocycles. The zero-order chi connectivity index (χ0) is 13.2. The van der Waals surface area contributed by atoms with Crippen molar-refractivity contribution >= 4 is 14.7 Å². The zero-order valence-electron chi connectivity index (χ0n) is 11.6. The Morgan fingerprint density at radius 3 is 2.56 bits per heavy atom. The predicted molar refractivity (Wildman–Crippen MR) is 80.1 cm³/mol. The third-order valence-corrected chi connectivity index (χ3v) is 4.75. The van der Waals surface area contributed by atoms with Gasteiger partial charge >= 0.3 is 0 Å². The van der Waals surface area contributed by atoms with Gasteiger partial charge in [-0.05, 0) is 38.1 Å². The van der Waals surface area contributed by atoms with Crippen molar-refractivity contribution in [3.8, 4) is 11.5 Å². The number of hydrogen-bond donors (Lipinski definition) is 1. The van der Waals surface area contributed by atoms with Gasteiger partial charge in [0.25, 0.3) is 0 Å². The molecule has 0 aliphatic carbocycles. The topological polar surface area (TPSA) is 44.5 Å². The molecule has 0 radical (unpaired) electrons. The minimum absolute atomic E-state index is 0.280. The molecule has 4 heteroatoms. The smallest absolute Gasteiger partial charge is 0.160 e. The van der Waals surface area contributed by atoms with E-state index in [1.165, 1.54) is 17.7 Å². The van der Waals surface area contributed by atoms with Crippen molar-refractivity contribution in [2.24, 2.45) is 5.73 Å². The fourth-order valence-corrected chi connectivity index (χ4v) is 3.76. The molecule has 0 heterocycles. The third-order valence-electron chi connectivity index (χ3n) is 2.80. The Bertz CT molecular complexity index is 345. The molecule has 2 N–H and O–H groups in total. The van der Waals surface area contributed by atoms with E-state index < -0.39 is 0 Å². The molecule has 0 aromatic heterocycles. The van der Waals surface area contributed by atoms with E-state index in [0.717, 1.165) is 24.5 Å². The molecule has 0 spiro atoms. The fourth-order valence-electron chi connectivity index (χ4n) is 1.97. The maximum atomic E-state index is 5.76. The first-order valence-corrected chi connectivity index (χ1v) is 8.61. The van der Waals surface area contributed by atoms with E-state index in [4.69, 9.17) is 15.2 Å². The summed E-state index contributed by atoms with van der Waals surface area (Å²) in [6.45, 7) is 6.18. The van der Waals surface area contributed by atoms with Crippen molar-refractivity contribution < 1.29 is 9.47 Å². The molecule has 102 valence electrons. The molecule has 18 heavy (non-hydrogen) atoms. The maximum Gasteiger partial charge on any atom is 0.160 e. The number of para-hydroxylation sites is 1. The van der Waals surface area contributed by atoms with Crippen molar-refractivity contribution in [3.05, 3.63) is 18.2 Å². The number of rotatable bonds is 9. The van der Waals surface area contributed by atoms with Crippen molar-refractivity contribution in [1.82, 2.24) is 0 Å². The summed E-state index contributed by atoms with van der Waals surface area (Å²) in [4.78, 5) is 0. The lowest BCUT2D eigenvalue weighted by Gasteiger charge is -2.14. The summed E-state index contributed by atoms with van der Waals surface area (Å²) < 4.78 is 11.4. The second-order valence-electron chi connectivity index (χ2n) is 4.21. The zero-order valence-corrected chi connectivity index (χ0v) is 13.0. The molecule has 0 aliphatic heterocycles. The lowest BCUT2D eigenvalue weighted by molar-refractivity contribution is 0.289. The molecule has 3 nitrogen and oxygen atoms in total. The van der Waals surface area contributed by atoms with Gasteiger partial charge in [0.05, 0.1) is 22.7 Å². The number of benzene rings is 1. The molecular formula is C14H25NO2Si. The van der Waals surface area contributed by atoms with Gasteiger partial charge in [0, 0.05) is 0 Å². The van der Waals surface area contributed by atoms with Gasteiger partial charge in [0.2, 0.25) is 0 Å². The van der Waals surface area contributed by atoms with Gasteiger partial charge in [0.15, 0.2) is 11.5 Å². The summed E-state index contributed by atoms with van der Waals surface area (Å²) in [6, 6.07) is 7.53. The van der Waals surface area contributed by atoms with Crippen LogP contribution in [-0.4, -0.2) is 29.3 Å². The minimum atomic E-state index is -0.280. The first-order chi connectivity index (χ1) is 8.83. The summed E-state index contributed by atoms with van der Waals surface area (Å²) in [5.74, 6) is 1.87. The Balaban J connectivity index is 2.71. The maximum absolute atomic E-state index is 5.76. The van der Waals surface area contributed by atoms with Gasteiger partial charge < -0.3 is 15.2 Å². The van der Waals surface area contributed by atoms with Gasteiger partial charge in [-0.25, -0.2) is 0 Å². The van der Waals surface area contributed by atoms with E-state index >= 15 is 0 Å². The van der Waals surface area contributed by atoms with Crippen LogP contribution in [0.4, 0.5) is 0 Å². The molecule has 0 saturated carbocycles. The van der Waals surface area contributed by atoms with Crippen LogP contribution in [-0.2, 0) is 0 Å². The summed E-state index contributed by atoms with van der Waals surface area (Å²) in [7, 11) is -0.280. The second kappa shape index (κ2) is 9.00. The van der Waals surface area contributed by atoms with Crippen LogP contribution in [0.3, 0.4) is 0 Å². The minimum Gasteiger partial charge on any atom is -0.490 e. The Kier molecular flexibility index (Phi) is 7.53. The van der Waals surface area contributed by atoms with Gasteiger partial charge in [-0.3, -0.25) is 0 Å². The normalized spacial score (nSPS) is 11.1. The lowest BCUT2D eigenvalue weighted by atomic mass is 10.3. The van der Waals surface area contributed by atoms with Crippen molar-refractivity contribution in [2.75, 3.05) is 19.8 Å². The van der Waals surface area contributed by atoms with Crippen LogP contribution in [0, 0.1) is 0 Å². The number of ether oxygens (including phenoxy) is 2. The first-order valence-electron chi connectivity index (χ1n) is 6.91. The van der Waals surface area contributed by atoms with Crippen molar-refractivity contribution in [2.45, 2.75) is 32.7 Å². The lowest BCUT2D eigenvalue weighted by Crippen LogP contribution is -2.18. The van der Waals surface area contributed by atoms with Crippen LogP contribution >= 0.6 is 0 Å². The third kappa shape index (κ3) is 4.70. The molecular weight excluding hydrogens is 242 g/mol. The van der Waals surface area contributed by atoms with E-state index in [-0.39, 0.29) is 9.52 Å². The van der Waals surface area contributed by atoms with Crippen LogP contribution in [0.5, 0.6) is 11.5 Å². The van der Waals surface area contributed by atoms with Crippen molar-refractivity contribution in [1.29, 1.82) is 0 Å². The Hall–Kier alpha value is -1.00. The van der Waals surface area contributed by atoms with Gasteiger partial charge in [-0.2, -0.15) is 0 Å². The number of nitrogens with two attached hydrogens (primary N) is 1. The summed E-state index contributed by atoms with van der Waals surface area (Å²) in [5, 5.41) is 1.37.